The number of nitrogens with one attached hydrogen (secondary N) is 1. The molecular formula is C14H22N4O2S. The van der Waals surface area contributed by atoms with Gasteiger partial charge >= 0.3 is 0 Å². The monoisotopic (exact) mass is 310 g/mol. The number of primary sulfonamides is 1. The molecule has 0 radical (unpaired) electrons. The van der Waals surface area contributed by atoms with Crippen LogP contribution in [0.1, 0.15) is 31.2 Å². The molecule has 0 saturated heterocycles. The lowest BCUT2D eigenvalue weighted by Crippen LogP contribution is -2.38. The van der Waals surface area contributed by atoms with E-state index in [1.165, 1.54) is 25.0 Å². The Kier molecular flexibility index (Phi) is 5.19. The Bertz CT molecular complexity index is 590. The summed E-state index contributed by atoms with van der Waals surface area (Å²) in [5, 5.41) is 8.28. The van der Waals surface area contributed by atoms with E-state index in [0.717, 1.165) is 18.4 Å². The normalized spacial score (nSPS) is 17.1. The number of rotatable bonds is 5. The molecule has 1 aliphatic carbocycles. The van der Waals surface area contributed by atoms with Gasteiger partial charge in [-0.3, -0.25) is 4.99 Å². The van der Waals surface area contributed by atoms with Crippen molar-refractivity contribution in [3.05, 3.63) is 29.8 Å². The van der Waals surface area contributed by atoms with Crippen molar-refractivity contribution < 1.29 is 8.42 Å². The molecule has 2 rings (SSSR count). The minimum absolute atomic E-state index is 0.122. The molecule has 5 N–H and O–H groups in total. The molecule has 0 atom stereocenters. The maximum Gasteiger partial charge on any atom is 0.238 e. The molecule has 0 bridgehead atoms. The molecule has 7 heteroatoms. The molecule has 0 aliphatic heterocycles. The molecule has 0 spiro atoms. The fraction of sp³-hybridized carbons (Fsp3) is 0.500. The molecule has 116 valence electrons. The van der Waals surface area contributed by atoms with Crippen molar-refractivity contribution >= 4 is 16.0 Å². The van der Waals surface area contributed by atoms with Gasteiger partial charge in [-0.05, 0) is 37.0 Å². The first-order valence-corrected chi connectivity index (χ1v) is 8.68. The number of guanidine groups is 1. The van der Waals surface area contributed by atoms with Gasteiger partial charge in [-0.25, -0.2) is 13.6 Å². The van der Waals surface area contributed by atoms with Gasteiger partial charge in [0, 0.05) is 12.6 Å². The molecule has 0 unspecified atom stereocenters. The zero-order valence-electron chi connectivity index (χ0n) is 12.0. The minimum atomic E-state index is -3.62. The van der Waals surface area contributed by atoms with Crippen LogP contribution in [0.4, 0.5) is 0 Å². The van der Waals surface area contributed by atoms with Gasteiger partial charge in [0.2, 0.25) is 10.0 Å². The van der Waals surface area contributed by atoms with Crippen molar-refractivity contribution in [2.45, 2.75) is 43.0 Å². The second-order valence-corrected chi connectivity index (χ2v) is 6.89. The van der Waals surface area contributed by atoms with Crippen LogP contribution in [0, 0.1) is 0 Å². The summed E-state index contributed by atoms with van der Waals surface area (Å²) in [4.78, 5) is 4.42. The highest BCUT2D eigenvalue weighted by Crippen LogP contribution is 2.17. The zero-order valence-corrected chi connectivity index (χ0v) is 12.8. The lowest BCUT2D eigenvalue weighted by Gasteiger charge is -2.12. The van der Waals surface area contributed by atoms with E-state index >= 15 is 0 Å². The zero-order chi connectivity index (χ0) is 15.3. The van der Waals surface area contributed by atoms with Crippen molar-refractivity contribution in [3.63, 3.8) is 0 Å². The van der Waals surface area contributed by atoms with Crippen molar-refractivity contribution in [1.82, 2.24) is 5.32 Å². The lowest BCUT2D eigenvalue weighted by molar-refractivity contribution is 0.598. The number of sulfonamides is 1. The first-order valence-electron chi connectivity index (χ1n) is 7.13. The number of hydrogen-bond donors (Lipinski definition) is 3. The van der Waals surface area contributed by atoms with E-state index in [-0.39, 0.29) is 4.90 Å². The van der Waals surface area contributed by atoms with Crippen LogP contribution >= 0.6 is 0 Å². The predicted octanol–water partition coefficient (Wildman–Crippen LogP) is 0.723. The Morgan fingerprint density at radius 1 is 1.24 bits per heavy atom. The standard InChI is InChI=1S/C14H22N4O2S/c15-14(18-12-3-1-2-4-12)17-10-9-11-5-7-13(8-6-11)21(16,19)20/h5-8,12H,1-4,9-10H2,(H3,15,17,18)(H2,16,19,20). The van der Waals surface area contributed by atoms with E-state index < -0.39 is 10.0 Å². The van der Waals surface area contributed by atoms with Gasteiger partial charge < -0.3 is 11.1 Å². The first kappa shape index (κ1) is 15.8. The van der Waals surface area contributed by atoms with Crippen molar-refractivity contribution in [2.24, 2.45) is 15.9 Å². The molecule has 1 aromatic carbocycles. The summed E-state index contributed by atoms with van der Waals surface area (Å²) in [7, 11) is -3.62. The van der Waals surface area contributed by atoms with Crippen molar-refractivity contribution in [3.8, 4) is 0 Å². The third-order valence-corrected chi connectivity index (χ3v) is 4.57. The number of nitrogens with two attached hydrogens (primary N) is 2. The second kappa shape index (κ2) is 6.91. The van der Waals surface area contributed by atoms with E-state index in [1.807, 2.05) is 0 Å². The van der Waals surface area contributed by atoms with Crippen LogP contribution < -0.4 is 16.2 Å². The maximum atomic E-state index is 11.1. The van der Waals surface area contributed by atoms with E-state index in [0.29, 0.717) is 25.0 Å². The van der Waals surface area contributed by atoms with Gasteiger partial charge in [-0.15, -0.1) is 0 Å². The third kappa shape index (κ3) is 5.02. The van der Waals surface area contributed by atoms with Gasteiger partial charge in [0.25, 0.3) is 0 Å². The van der Waals surface area contributed by atoms with Crippen LogP contribution in [0.25, 0.3) is 0 Å². The molecule has 1 saturated carbocycles. The highest BCUT2D eigenvalue weighted by atomic mass is 32.2. The summed E-state index contributed by atoms with van der Waals surface area (Å²) in [5.74, 6) is 0.489. The van der Waals surface area contributed by atoms with Crippen LogP contribution in [0.2, 0.25) is 0 Å². The molecule has 0 aromatic heterocycles. The van der Waals surface area contributed by atoms with E-state index in [1.54, 1.807) is 12.1 Å². The summed E-state index contributed by atoms with van der Waals surface area (Å²) in [6.07, 6.45) is 5.52. The lowest BCUT2D eigenvalue weighted by atomic mass is 10.1. The maximum absolute atomic E-state index is 11.1. The van der Waals surface area contributed by atoms with Gasteiger partial charge in [0.1, 0.15) is 0 Å². The topological polar surface area (TPSA) is 111 Å². The highest BCUT2D eigenvalue weighted by molar-refractivity contribution is 7.89. The number of aliphatic imine (C=N–C) groups is 1. The molecule has 0 heterocycles. The van der Waals surface area contributed by atoms with Gasteiger partial charge in [0.15, 0.2) is 5.96 Å². The molecule has 0 amide bonds. The fourth-order valence-corrected chi connectivity index (χ4v) is 2.99. The van der Waals surface area contributed by atoms with Crippen molar-refractivity contribution in [2.75, 3.05) is 6.54 Å². The largest absolute Gasteiger partial charge is 0.370 e. The summed E-state index contributed by atoms with van der Waals surface area (Å²) >= 11 is 0. The Labute approximate surface area is 125 Å². The average molecular weight is 310 g/mol. The molecule has 1 fully saturated rings. The second-order valence-electron chi connectivity index (χ2n) is 5.33. The summed E-state index contributed by atoms with van der Waals surface area (Å²) < 4.78 is 22.3. The van der Waals surface area contributed by atoms with Gasteiger partial charge in [-0.2, -0.15) is 0 Å². The number of benzene rings is 1. The number of nitrogens with zero attached hydrogens (tertiary/aromatic N) is 1. The van der Waals surface area contributed by atoms with Crippen LogP contribution in [-0.2, 0) is 16.4 Å². The van der Waals surface area contributed by atoms with Gasteiger partial charge in [0.05, 0.1) is 4.90 Å². The minimum Gasteiger partial charge on any atom is -0.370 e. The fourth-order valence-electron chi connectivity index (χ4n) is 2.48. The Hall–Kier alpha value is -1.60. The SMILES string of the molecule is NC(=NCCc1ccc(S(N)(=O)=O)cc1)NC1CCCC1. The third-order valence-electron chi connectivity index (χ3n) is 3.64. The molecule has 21 heavy (non-hydrogen) atoms. The molecule has 6 nitrogen and oxygen atoms in total. The van der Waals surface area contributed by atoms with Crippen molar-refractivity contribution in [1.29, 1.82) is 0 Å². The predicted molar refractivity (Wildman–Crippen MR) is 83.4 cm³/mol. The quantitative estimate of drug-likeness (QED) is 0.550. The Morgan fingerprint density at radius 2 is 1.86 bits per heavy atom. The molecular weight excluding hydrogens is 288 g/mol. The summed E-state index contributed by atoms with van der Waals surface area (Å²) in [6, 6.07) is 6.97. The Balaban J connectivity index is 1.82. The average Bonchev–Trinajstić information content (AvgIpc) is 2.91. The first-order chi connectivity index (χ1) is 9.95. The summed E-state index contributed by atoms with van der Waals surface area (Å²) in [5.41, 5.74) is 6.84. The van der Waals surface area contributed by atoms with Crippen LogP contribution in [0.5, 0.6) is 0 Å². The van der Waals surface area contributed by atoms with E-state index in [2.05, 4.69) is 10.3 Å². The van der Waals surface area contributed by atoms with E-state index in [9.17, 15) is 8.42 Å². The van der Waals surface area contributed by atoms with Crippen LogP contribution in [-0.4, -0.2) is 27.0 Å². The molecule has 1 aromatic rings. The highest BCUT2D eigenvalue weighted by Gasteiger charge is 2.14. The smallest absolute Gasteiger partial charge is 0.238 e. The van der Waals surface area contributed by atoms with Crippen LogP contribution in [0.15, 0.2) is 34.2 Å². The van der Waals surface area contributed by atoms with Crippen LogP contribution in [0.3, 0.4) is 0 Å². The van der Waals surface area contributed by atoms with Gasteiger partial charge in [-0.1, -0.05) is 25.0 Å². The molecule has 1 aliphatic rings. The Morgan fingerprint density at radius 3 is 2.43 bits per heavy atom. The summed E-state index contributed by atoms with van der Waals surface area (Å²) in [6.45, 7) is 0.570. The number of hydrogen-bond acceptors (Lipinski definition) is 3. The van der Waals surface area contributed by atoms with E-state index in [4.69, 9.17) is 10.9 Å².